The van der Waals surface area contributed by atoms with Gasteiger partial charge < -0.3 is 24.8 Å². The van der Waals surface area contributed by atoms with Gasteiger partial charge in [-0.05, 0) is 44.9 Å². The maximum Gasteiger partial charge on any atom is 0.224 e. The van der Waals surface area contributed by atoms with Crippen molar-refractivity contribution < 1.29 is 14.2 Å². The van der Waals surface area contributed by atoms with Crippen LogP contribution in [0, 0.1) is 0 Å². The number of benzene rings is 1. The number of nitrogens with zero attached hydrogens (tertiary/aromatic N) is 2. The van der Waals surface area contributed by atoms with Crippen molar-refractivity contribution in [2.24, 2.45) is 4.99 Å². The molecule has 7 heteroatoms. The predicted octanol–water partition coefficient (Wildman–Crippen LogP) is 4.14. The van der Waals surface area contributed by atoms with Crippen LogP contribution in [0.15, 0.2) is 47.6 Å². The number of hydrogen-bond acceptors (Lipinski definition) is 5. The van der Waals surface area contributed by atoms with E-state index < -0.39 is 0 Å². The number of guanidine groups is 1. The molecule has 1 aromatic heterocycles. The van der Waals surface area contributed by atoms with Gasteiger partial charge in [0.2, 0.25) is 5.88 Å². The van der Waals surface area contributed by atoms with E-state index >= 15 is 0 Å². The molecule has 0 bridgehead atoms. The molecular formula is C23H34N4O3. The van der Waals surface area contributed by atoms with Crippen LogP contribution in [0.25, 0.3) is 0 Å². The van der Waals surface area contributed by atoms with Crippen LogP contribution in [0.5, 0.6) is 17.4 Å². The van der Waals surface area contributed by atoms with E-state index in [-0.39, 0.29) is 0 Å². The van der Waals surface area contributed by atoms with Crippen molar-refractivity contribution >= 4 is 5.96 Å². The summed E-state index contributed by atoms with van der Waals surface area (Å²) in [6.45, 7) is 10.3. The number of hydrogen-bond donors (Lipinski definition) is 2. The Bertz CT molecular complexity index is 768. The first-order chi connectivity index (χ1) is 14.8. The average molecular weight is 415 g/mol. The van der Waals surface area contributed by atoms with E-state index in [0.717, 1.165) is 50.7 Å². The minimum atomic E-state index is 0.446. The Kier molecular flexibility index (Phi) is 11.1. The lowest BCUT2D eigenvalue weighted by Gasteiger charge is -2.14. The van der Waals surface area contributed by atoms with E-state index in [2.05, 4.69) is 27.5 Å². The van der Waals surface area contributed by atoms with Gasteiger partial charge in [-0.15, -0.1) is 0 Å². The van der Waals surface area contributed by atoms with E-state index in [1.165, 1.54) is 0 Å². The zero-order valence-electron chi connectivity index (χ0n) is 18.3. The lowest BCUT2D eigenvalue weighted by Crippen LogP contribution is -2.38. The minimum absolute atomic E-state index is 0.446. The summed E-state index contributed by atoms with van der Waals surface area (Å²) in [5.74, 6) is 2.65. The third kappa shape index (κ3) is 8.29. The largest absolute Gasteiger partial charge is 0.490 e. The molecule has 0 aliphatic carbocycles. The SMILES string of the molecule is CCCOc1ccccc1Oc1ncccc1CN=C(NCC)NCCCOCC. The number of rotatable bonds is 13. The molecule has 0 atom stereocenters. The highest BCUT2D eigenvalue weighted by Gasteiger charge is 2.10. The van der Waals surface area contributed by atoms with Gasteiger partial charge >= 0.3 is 0 Å². The highest BCUT2D eigenvalue weighted by molar-refractivity contribution is 5.79. The molecule has 0 amide bonds. The van der Waals surface area contributed by atoms with Gasteiger partial charge in [-0.1, -0.05) is 25.1 Å². The molecule has 0 aliphatic heterocycles. The lowest BCUT2D eigenvalue weighted by molar-refractivity contribution is 0.145. The summed E-state index contributed by atoms with van der Waals surface area (Å²) in [5, 5.41) is 6.59. The highest BCUT2D eigenvalue weighted by Crippen LogP contribution is 2.32. The highest BCUT2D eigenvalue weighted by atomic mass is 16.5. The van der Waals surface area contributed by atoms with Crippen molar-refractivity contribution in [2.75, 3.05) is 32.9 Å². The molecule has 7 nitrogen and oxygen atoms in total. The maximum atomic E-state index is 6.09. The number of aliphatic imine (C=N–C) groups is 1. The van der Waals surface area contributed by atoms with Gasteiger partial charge in [-0.2, -0.15) is 0 Å². The van der Waals surface area contributed by atoms with Crippen molar-refractivity contribution in [3.8, 4) is 17.4 Å². The van der Waals surface area contributed by atoms with Crippen LogP contribution in [-0.4, -0.2) is 43.9 Å². The van der Waals surface area contributed by atoms with Gasteiger partial charge in [-0.3, -0.25) is 0 Å². The first kappa shape index (κ1) is 23.5. The zero-order valence-corrected chi connectivity index (χ0v) is 18.3. The third-order valence-electron chi connectivity index (χ3n) is 4.08. The molecule has 164 valence electrons. The van der Waals surface area contributed by atoms with Gasteiger partial charge in [0.05, 0.1) is 13.2 Å². The summed E-state index contributed by atoms with van der Waals surface area (Å²) in [7, 11) is 0. The fourth-order valence-corrected chi connectivity index (χ4v) is 2.64. The molecule has 0 aliphatic rings. The summed E-state index contributed by atoms with van der Waals surface area (Å²) >= 11 is 0. The quantitative estimate of drug-likeness (QED) is 0.291. The second kappa shape index (κ2) is 14.2. The minimum Gasteiger partial charge on any atom is -0.490 e. The topological polar surface area (TPSA) is 77.0 Å². The van der Waals surface area contributed by atoms with Crippen molar-refractivity contribution in [2.45, 2.75) is 40.2 Å². The molecule has 1 aromatic carbocycles. The summed E-state index contributed by atoms with van der Waals surface area (Å²) in [4.78, 5) is 9.09. The van der Waals surface area contributed by atoms with Gasteiger partial charge in [-0.25, -0.2) is 9.98 Å². The molecule has 0 saturated carbocycles. The number of pyridine rings is 1. The van der Waals surface area contributed by atoms with Crippen LogP contribution >= 0.6 is 0 Å². The van der Waals surface area contributed by atoms with E-state index in [4.69, 9.17) is 14.2 Å². The van der Waals surface area contributed by atoms with E-state index in [9.17, 15) is 0 Å². The van der Waals surface area contributed by atoms with Gasteiger partial charge in [0.1, 0.15) is 0 Å². The number of para-hydroxylation sites is 2. The Labute approximate surface area is 179 Å². The molecule has 2 rings (SSSR count). The van der Waals surface area contributed by atoms with Crippen LogP contribution in [0.1, 0.15) is 39.2 Å². The molecule has 0 saturated heterocycles. The molecule has 2 N–H and O–H groups in total. The second-order valence-corrected chi connectivity index (χ2v) is 6.54. The summed E-state index contributed by atoms with van der Waals surface area (Å²) in [6, 6.07) is 11.5. The van der Waals surface area contributed by atoms with Crippen molar-refractivity contribution in [3.05, 3.63) is 48.2 Å². The fourth-order valence-electron chi connectivity index (χ4n) is 2.64. The Morgan fingerprint density at radius 3 is 2.60 bits per heavy atom. The molecule has 2 aromatic rings. The molecule has 30 heavy (non-hydrogen) atoms. The maximum absolute atomic E-state index is 6.09. The van der Waals surface area contributed by atoms with Gasteiger partial charge in [0.15, 0.2) is 17.5 Å². The molecule has 1 heterocycles. The number of aromatic nitrogens is 1. The van der Waals surface area contributed by atoms with E-state index in [0.29, 0.717) is 30.5 Å². The second-order valence-electron chi connectivity index (χ2n) is 6.54. The molecule has 0 fully saturated rings. The van der Waals surface area contributed by atoms with Crippen LogP contribution in [0.2, 0.25) is 0 Å². The average Bonchev–Trinajstić information content (AvgIpc) is 2.77. The first-order valence-corrected chi connectivity index (χ1v) is 10.7. The summed E-state index contributed by atoms with van der Waals surface area (Å²) < 4.78 is 17.3. The lowest BCUT2D eigenvalue weighted by atomic mass is 10.2. The Balaban J connectivity index is 2.06. The molecule has 0 radical (unpaired) electrons. The Morgan fingerprint density at radius 2 is 1.83 bits per heavy atom. The standard InChI is InChI=1S/C23H34N4O3/c1-4-16-29-20-12-7-8-13-21(20)30-22-19(11-9-14-25-22)18-27-23(24-5-2)26-15-10-17-28-6-3/h7-9,11-14H,4-6,10,15-18H2,1-3H3,(H2,24,26,27). The van der Waals surface area contributed by atoms with E-state index in [1.807, 2.05) is 50.2 Å². The van der Waals surface area contributed by atoms with Crippen LogP contribution < -0.4 is 20.1 Å². The Hall–Kier alpha value is -2.80. The van der Waals surface area contributed by atoms with Crippen molar-refractivity contribution in [1.82, 2.24) is 15.6 Å². The normalized spacial score (nSPS) is 11.2. The number of nitrogens with one attached hydrogen (secondary N) is 2. The molecule has 0 spiro atoms. The van der Waals surface area contributed by atoms with Crippen LogP contribution in [-0.2, 0) is 11.3 Å². The summed E-state index contributed by atoms with van der Waals surface area (Å²) in [5.41, 5.74) is 0.898. The van der Waals surface area contributed by atoms with Crippen molar-refractivity contribution in [3.63, 3.8) is 0 Å². The fraction of sp³-hybridized carbons (Fsp3) is 0.478. The van der Waals surface area contributed by atoms with Crippen LogP contribution in [0.3, 0.4) is 0 Å². The van der Waals surface area contributed by atoms with Gasteiger partial charge in [0, 0.05) is 38.1 Å². The predicted molar refractivity (Wildman–Crippen MR) is 120 cm³/mol. The number of ether oxygens (including phenoxy) is 3. The Morgan fingerprint density at radius 1 is 1.00 bits per heavy atom. The smallest absolute Gasteiger partial charge is 0.224 e. The molecular weight excluding hydrogens is 380 g/mol. The zero-order chi connectivity index (χ0) is 21.4. The first-order valence-electron chi connectivity index (χ1n) is 10.7. The van der Waals surface area contributed by atoms with Gasteiger partial charge in [0.25, 0.3) is 0 Å². The van der Waals surface area contributed by atoms with Crippen molar-refractivity contribution in [1.29, 1.82) is 0 Å². The summed E-state index contributed by atoms with van der Waals surface area (Å²) in [6.07, 6.45) is 3.58. The molecule has 0 unspecified atom stereocenters. The third-order valence-corrected chi connectivity index (χ3v) is 4.08. The van der Waals surface area contributed by atoms with Crippen LogP contribution in [0.4, 0.5) is 0 Å². The monoisotopic (exact) mass is 414 g/mol. The van der Waals surface area contributed by atoms with E-state index in [1.54, 1.807) is 6.20 Å².